The van der Waals surface area contributed by atoms with Crippen LogP contribution in [-0.4, -0.2) is 52.5 Å². The number of amides is 2. The largest absolute Gasteiger partial charge is 0.337 e. The molecule has 0 spiro atoms. The van der Waals surface area contributed by atoms with E-state index in [-0.39, 0.29) is 36.0 Å². The van der Waals surface area contributed by atoms with Crippen molar-refractivity contribution in [1.29, 1.82) is 0 Å². The highest BCUT2D eigenvalue weighted by Crippen LogP contribution is 2.50. The second-order valence-corrected chi connectivity index (χ2v) is 11.9. The smallest absolute Gasteiger partial charge is 0.250 e. The van der Waals surface area contributed by atoms with E-state index < -0.39 is 12.1 Å². The molecule has 2 aliphatic rings. The minimum Gasteiger partial charge on any atom is -0.337 e. The molecule has 2 aromatic carbocycles. The standard InChI is InChI=1S/C31H44N4O2/c1-18(2)34(19(3)4)30(36)28-24-15-22(9)11-13-26(24)33-17-32(28)27-14-12-23(10)16-25(27)29(33)31(37)35(20(5)6)21(7)8/h11-16,18-21,28-29H,17H2,1-10H3/t28-,29-/m1/s1. The molecule has 0 aromatic heterocycles. The van der Waals surface area contributed by atoms with Crippen molar-refractivity contribution in [2.24, 2.45) is 0 Å². The van der Waals surface area contributed by atoms with Gasteiger partial charge in [0.05, 0.1) is 6.67 Å². The van der Waals surface area contributed by atoms with E-state index in [4.69, 9.17) is 0 Å². The Morgan fingerprint density at radius 2 is 0.973 bits per heavy atom. The molecule has 2 bridgehead atoms. The number of hydrogen-bond acceptors (Lipinski definition) is 4. The number of benzene rings is 2. The average molecular weight is 505 g/mol. The van der Waals surface area contributed by atoms with Gasteiger partial charge in [0.15, 0.2) is 0 Å². The summed E-state index contributed by atoms with van der Waals surface area (Å²) < 4.78 is 0. The van der Waals surface area contributed by atoms with Crippen LogP contribution < -0.4 is 9.80 Å². The molecule has 6 nitrogen and oxygen atoms in total. The molecule has 200 valence electrons. The minimum absolute atomic E-state index is 0.0843. The van der Waals surface area contributed by atoms with Crippen molar-refractivity contribution < 1.29 is 9.59 Å². The van der Waals surface area contributed by atoms with Gasteiger partial charge in [0.2, 0.25) is 0 Å². The van der Waals surface area contributed by atoms with E-state index in [0.717, 1.165) is 33.6 Å². The first-order valence-electron chi connectivity index (χ1n) is 13.7. The number of rotatable bonds is 6. The van der Waals surface area contributed by atoms with Crippen LogP contribution in [0.5, 0.6) is 0 Å². The molecule has 0 aliphatic carbocycles. The number of carbonyl (C=O) groups is 2. The van der Waals surface area contributed by atoms with Gasteiger partial charge < -0.3 is 19.6 Å². The minimum atomic E-state index is -0.445. The summed E-state index contributed by atoms with van der Waals surface area (Å²) in [6, 6.07) is 12.1. The molecule has 0 saturated carbocycles. The molecule has 0 N–H and O–H groups in total. The summed E-state index contributed by atoms with van der Waals surface area (Å²) in [5.41, 5.74) is 6.13. The summed E-state index contributed by atoms with van der Waals surface area (Å²) in [5.74, 6) is 0.220. The van der Waals surface area contributed by atoms with Crippen molar-refractivity contribution >= 4 is 23.2 Å². The molecule has 2 aromatic rings. The molecule has 2 aliphatic heterocycles. The van der Waals surface area contributed by atoms with Crippen molar-refractivity contribution in [2.75, 3.05) is 16.5 Å². The summed E-state index contributed by atoms with van der Waals surface area (Å²) >= 11 is 0. The summed E-state index contributed by atoms with van der Waals surface area (Å²) in [7, 11) is 0. The third-order valence-corrected chi connectivity index (χ3v) is 7.70. The van der Waals surface area contributed by atoms with Crippen molar-refractivity contribution in [3.63, 3.8) is 0 Å². The van der Waals surface area contributed by atoms with Gasteiger partial charge >= 0.3 is 0 Å². The van der Waals surface area contributed by atoms with E-state index in [1.54, 1.807) is 0 Å². The maximum absolute atomic E-state index is 14.3. The molecular formula is C31H44N4O2. The predicted molar refractivity (Wildman–Crippen MR) is 152 cm³/mol. The number of hydrogen-bond donors (Lipinski definition) is 0. The van der Waals surface area contributed by atoms with E-state index >= 15 is 0 Å². The zero-order valence-electron chi connectivity index (χ0n) is 24.2. The number of fused-ring (bicyclic) bond motifs is 6. The summed E-state index contributed by atoms with van der Waals surface area (Å²) in [4.78, 5) is 37.1. The van der Waals surface area contributed by atoms with Gasteiger partial charge in [-0.15, -0.1) is 0 Å². The second kappa shape index (κ2) is 10.0. The van der Waals surface area contributed by atoms with Gasteiger partial charge in [-0.05, 0) is 81.4 Å². The molecule has 0 saturated heterocycles. The fourth-order valence-electron chi connectivity index (χ4n) is 6.43. The maximum Gasteiger partial charge on any atom is 0.250 e. The Hall–Kier alpha value is -3.02. The molecule has 0 fully saturated rings. The summed E-state index contributed by atoms with van der Waals surface area (Å²) in [6.45, 7) is 21.3. The Labute approximate surface area is 223 Å². The summed E-state index contributed by atoms with van der Waals surface area (Å²) in [5, 5.41) is 0. The lowest BCUT2D eigenvalue weighted by Gasteiger charge is -2.53. The number of aryl methyl sites for hydroxylation is 2. The molecule has 2 heterocycles. The molecular weight excluding hydrogens is 460 g/mol. The summed E-state index contributed by atoms with van der Waals surface area (Å²) in [6.07, 6.45) is 0. The van der Waals surface area contributed by atoms with Crippen LogP contribution in [0.2, 0.25) is 0 Å². The van der Waals surface area contributed by atoms with Gasteiger partial charge in [0.25, 0.3) is 11.8 Å². The molecule has 37 heavy (non-hydrogen) atoms. The van der Waals surface area contributed by atoms with Crippen LogP contribution >= 0.6 is 0 Å². The lowest BCUT2D eigenvalue weighted by molar-refractivity contribution is -0.136. The van der Waals surface area contributed by atoms with E-state index in [1.165, 1.54) is 0 Å². The highest BCUT2D eigenvalue weighted by atomic mass is 16.2. The zero-order chi connectivity index (χ0) is 27.3. The van der Waals surface area contributed by atoms with Gasteiger partial charge in [0.1, 0.15) is 12.1 Å². The fourth-order valence-corrected chi connectivity index (χ4v) is 6.43. The first-order chi connectivity index (χ1) is 17.3. The Morgan fingerprint density at radius 1 is 0.649 bits per heavy atom. The van der Waals surface area contributed by atoms with Crippen molar-refractivity contribution in [2.45, 2.75) is 105 Å². The SMILES string of the molecule is Cc1ccc2c(c1)[C@H](C(=O)N(C(C)C)C(C)C)N1CN2[C@@H](C(=O)N(C(C)C)C(C)C)c2cc(C)ccc21. The monoisotopic (exact) mass is 504 g/mol. The Bertz CT molecular complexity index is 1080. The van der Waals surface area contributed by atoms with Crippen LogP contribution in [0.1, 0.15) is 89.7 Å². The van der Waals surface area contributed by atoms with Crippen LogP contribution in [0, 0.1) is 13.8 Å². The number of nitrogens with zero attached hydrogens (tertiary/aromatic N) is 4. The molecule has 6 heteroatoms. The first kappa shape index (κ1) is 27.0. The third-order valence-electron chi connectivity index (χ3n) is 7.70. The predicted octanol–water partition coefficient (Wildman–Crippen LogP) is 5.97. The van der Waals surface area contributed by atoms with Crippen LogP contribution in [0.15, 0.2) is 36.4 Å². The lowest BCUT2D eigenvalue weighted by atomic mass is 9.87. The van der Waals surface area contributed by atoms with Gasteiger partial charge in [-0.2, -0.15) is 0 Å². The van der Waals surface area contributed by atoms with Crippen molar-refractivity contribution in [3.8, 4) is 0 Å². The Kier molecular flexibility index (Phi) is 7.33. The fraction of sp³-hybridized carbons (Fsp3) is 0.548. The van der Waals surface area contributed by atoms with Crippen LogP contribution in [0.25, 0.3) is 0 Å². The highest BCUT2D eigenvalue weighted by molar-refractivity contribution is 5.96. The number of carbonyl (C=O) groups excluding carboxylic acids is 2. The third kappa shape index (κ3) is 4.60. The van der Waals surface area contributed by atoms with Crippen LogP contribution in [0.3, 0.4) is 0 Å². The van der Waals surface area contributed by atoms with E-state index in [9.17, 15) is 9.59 Å². The highest BCUT2D eigenvalue weighted by Gasteiger charge is 2.48. The van der Waals surface area contributed by atoms with Crippen LogP contribution in [-0.2, 0) is 9.59 Å². The molecule has 2 atom stereocenters. The zero-order valence-corrected chi connectivity index (χ0v) is 24.2. The van der Waals surface area contributed by atoms with Crippen LogP contribution in [0.4, 0.5) is 11.4 Å². The average Bonchev–Trinajstić information content (AvgIpc) is 2.77. The van der Waals surface area contributed by atoms with E-state index in [1.807, 2.05) is 9.80 Å². The Morgan fingerprint density at radius 3 is 1.27 bits per heavy atom. The molecule has 2 amide bonds. The van der Waals surface area contributed by atoms with Gasteiger partial charge in [-0.3, -0.25) is 9.59 Å². The van der Waals surface area contributed by atoms with Gasteiger partial charge in [0, 0.05) is 46.7 Å². The number of anilines is 2. The molecule has 4 rings (SSSR count). The topological polar surface area (TPSA) is 47.1 Å². The first-order valence-corrected chi connectivity index (χ1v) is 13.7. The van der Waals surface area contributed by atoms with E-state index in [0.29, 0.717) is 6.67 Å². The normalized spacial score (nSPS) is 18.4. The lowest BCUT2D eigenvalue weighted by Crippen LogP contribution is -2.59. The second-order valence-electron chi connectivity index (χ2n) is 11.9. The maximum atomic E-state index is 14.3. The van der Waals surface area contributed by atoms with E-state index in [2.05, 4.69) is 115 Å². The van der Waals surface area contributed by atoms with Gasteiger partial charge in [-0.1, -0.05) is 35.4 Å². The van der Waals surface area contributed by atoms with Gasteiger partial charge in [-0.25, -0.2) is 0 Å². The van der Waals surface area contributed by atoms with Crippen molar-refractivity contribution in [1.82, 2.24) is 9.80 Å². The Balaban J connectivity index is 1.96. The molecule has 0 unspecified atom stereocenters. The quantitative estimate of drug-likeness (QED) is 0.486. The molecule has 0 radical (unpaired) electrons. The van der Waals surface area contributed by atoms with Crippen molar-refractivity contribution in [3.05, 3.63) is 58.7 Å².